The molecule has 0 fully saturated rings. The molecule has 0 saturated heterocycles. The van der Waals surface area contributed by atoms with Crippen molar-refractivity contribution in [3.05, 3.63) is 115 Å². The summed E-state index contributed by atoms with van der Waals surface area (Å²) in [7, 11) is -3.95. The van der Waals surface area contributed by atoms with E-state index in [0.717, 1.165) is 10.9 Å². The minimum absolute atomic E-state index is 0.0456. The Morgan fingerprint density at radius 1 is 0.914 bits per heavy atom. The van der Waals surface area contributed by atoms with Crippen molar-refractivity contribution in [1.29, 1.82) is 0 Å². The van der Waals surface area contributed by atoms with Crippen molar-refractivity contribution in [3.8, 4) is 11.1 Å². The number of rotatable bonds is 6. The fourth-order valence-electron chi connectivity index (χ4n) is 3.80. The van der Waals surface area contributed by atoms with Crippen LogP contribution in [-0.4, -0.2) is 28.3 Å². The Morgan fingerprint density at radius 2 is 1.60 bits per heavy atom. The standard InChI is InChI=1S/C26H19FN4O3S/c27-21-9-5-18(6-10-21)13-30-26(32)19-7-11-22(12-8-19)35(33,34)31-16-24(20-14-28-17-29-15-20)23-3-1-2-4-25(23)31/h1-12,14-17H,13H2,(H,30,32). The third-order valence-corrected chi connectivity index (χ3v) is 7.28. The number of carbonyl (C=O) groups excluding carboxylic acids is 1. The summed E-state index contributed by atoms with van der Waals surface area (Å²) in [5, 5.41) is 3.49. The Hall–Kier alpha value is -4.37. The maximum absolute atomic E-state index is 13.5. The number of carbonyl (C=O) groups is 1. The Morgan fingerprint density at radius 3 is 2.31 bits per heavy atom. The summed E-state index contributed by atoms with van der Waals surface area (Å²) in [5.74, 6) is -0.715. The summed E-state index contributed by atoms with van der Waals surface area (Å²) in [6, 6.07) is 18.7. The highest BCUT2D eigenvalue weighted by atomic mass is 32.2. The van der Waals surface area contributed by atoms with Gasteiger partial charge in [-0.25, -0.2) is 26.7 Å². The Bertz CT molecular complexity index is 1620. The number of para-hydroxylation sites is 1. The largest absolute Gasteiger partial charge is 0.348 e. The molecular formula is C26H19FN4O3S. The van der Waals surface area contributed by atoms with Crippen LogP contribution in [0.25, 0.3) is 22.0 Å². The zero-order valence-corrected chi connectivity index (χ0v) is 19.1. The van der Waals surface area contributed by atoms with Crippen molar-refractivity contribution in [2.24, 2.45) is 0 Å². The predicted molar refractivity (Wildman–Crippen MR) is 130 cm³/mol. The quantitative estimate of drug-likeness (QED) is 0.384. The van der Waals surface area contributed by atoms with E-state index in [4.69, 9.17) is 0 Å². The lowest BCUT2D eigenvalue weighted by Gasteiger charge is -2.09. The monoisotopic (exact) mass is 486 g/mol. The first kappa shape index (κ1) is 22.4. The van der Waals surface area contributed by atoms with Gasteiger partial charge in [0.15, 0.2) is 0 Å². The fourth-order valence-corrected chi connectivity index (χ4v) is 5.16. The second kappa shape index (κ2) is 9.11. The Labute approximate surface area is 201 Å². The minimum Gasteiger partial charge on any atom is -0.348 e. The van der Waals surface area contributed by atoms with Crippen LogP contribution in [0.15, 0.2) is 103 Å². The molecular weight excluding hydrogens is 467 g/mol. The second-order valence-corrected chi connectivity index (χ2v) is 9.64. The van der Waals surface area contributed by atoms with Gasteiger partial charge in [-0.05, 0) is 48.0 Å². The molecule has 0 aliphatic heterocycles. The molecule has 0 atom stereocenters. The van der Waals surface area contributed by atoms with E-state index < -0.39 is 10.0 Å². The van der Waals surface area contributed by atoms with Crippen molar-refractivity contribution < 1.29 is 17.6 Å². The van der Waals surface area contributed by atoms with E-state index >= 15 is 0 Å². The van der Waals surface area contributed by atoms with Crippen LogP contribution in [0.1, 0.15) is 15.9 Å². The first-order valence-corrected chi connectivity index (χ1v) is 12.1. The van der Waals surface area contributed by atoms with Crippen LogP contribution in [-0.2, 0) is 16.6 Å². The van der Waals surface area contributed by atoms with Crippen LogP contribution in [0.3, 0.4) is 0 Å². The molecule has 9 heteroatoms. The van der Waals surface area contributed by atoms with Gasteiger partial charge in [0, 0.05) is 47.2 Å². The van der Waals surface area contributed by atoms with Crippen LogP contribution in [0.2, 0.25) is 0 Å². The number of fused-ring (bicyclic) bond motifs is 1. The molecule has 174 valence electrons. The van der Waals surface area contributed by atoms with Gasteiger partial charge < -0.3 is 5.32 Å². The number of halogens is 1. The van der Waals surface area contributed by atoms with E-state index in [2.05, 4.69) is 15.3 Å². The van der Waals surface area contributed by atoms with Gasteiger partial charge in [0.1, 0.15) is 12.1 Å². The lowest BCUT2D eigenvalue weighted by Crippen LogP contribution is -2.22. The average Bonchev–Trinajstić information content (AvgIpc) is 3.29. The molecule has 0 radical (unpaired) electrons. The predicted octanol–water partition coefficient (Wildman–Crippen LogP) is 4.40. The molecule has 0 aliphatic rings. The topological polar surface area (TPSA) is 94.0 Å². The van der Waals surface area contributed by atoms with Crippen LogP contribution in [0.5, 0.6) is 0 Å². The van der Waals surface area contributed by atoms with Gasteiger partial charge >= 0.3 is 0 Å². The number of hydrogen-bond donors (Lipinski definition) is 1. The molecule has 5 rings (SSSR count). The van der Waals surface area contributed by atoms with Crippen molar-refractivity contribution >= 4 is 26.8 Å². The highest BCUT2D eigenvalue weighted by Crippen LogP contribution is 2.32. The smallest absolute Gasteiger partial charge is 0.268 e. The van der Waals surface area contributed by atoms with E-state index in [1.807, 2.05) is 12.1 Å². The summed E-state index contributed by atoms with van der Waals surface area (Å²) in [6.45, 7) is 0.223. The van der Waals surface area contributed by atoms with E-state index in [1.165, 1.54) is 46.7 Å². The molecule has 2 aromatic heterocycles. The molecule has 0 spiro atoms. The van der Waals surface area contributed by atoms with Crippen LogP contribution in [0, 0.1) is 5.82 Å². The molecule has 35 heavy (non-hydrogen) atoms. The molecule has 0 saturated carbocycles. The summed E-state index contributed by atoms with van der Waals surface area (Å²) >= 11 is 0. The van der Waals surface area contributed by atoms with Crippen molar-refractivity contribution in [3.63, 3.8) is 0 Å². The number of aromatic nitrogens is 3. The van der Waals surface area contributed by atoms with Crippen molar-refractivity contribution in [2.75, 3.05) is 0 Å². The van der Waals surface area contributed by atoms with Gasteiger partial charge in [-0.1, -0.05) is 30.3 Å². The summed E-state index contributed by atoms with van der Waals surface area (Å²) in [6.07, 6.45) is 6.23. The molecule has 0 aliphatic carbocycles. The number of amides is 1. The first-order chi connectivity index (χ1) is 16.9. The minimum atomic E-state index is -3.95. The third kappa shape index (κ3) is 4.41. The van der Waals surface area contributed by atoms with Crippen LogP contribution < -0.4 is 5.32 Å². The molecule has 2 heterocycles. The Kier molecular flexibility index (Phi) is 5.84. The third-order valence-electron chi connectivity index (χ3n) is 5.59. The first-order valence-electron chi connectivity index (χ1n) is 10.7. The van der Waals surface area contributed by atoms with Gasteiger partial charge in [-0.3, -0.25) is 4.79 Å². The zero-order chi connectivity index (χ0) is 24.4. The van der Waals surface area contributed by atoms with Crippen LogP contribution in [0.4, 0.5) is 4.39 Å². The Balaban J connectivity index is 1.42. The van der Waals surface area contributed by atoms with Gasteiger partial charge in [0.25, 0.3) is 15.9 Å². The van der Waals surface area contributed by atoms with Crippen LogP contribution >= 0.6 is 0 Å². The normalized spacial score (nSPS) is 11.5. The molecule has 5 aromatic rings. The van der Waals surface area contributed by atoms with Gasteiger partial charge in [-0.2, -0.15) is 0 Å². The summed E-state index contributed by atoms with van der Waals surface area (Å²) in [5.41, 5.74) is 2.98. The molecule has 0 bridgehead atoms. The molecule has 3 aromatic carbocycles. The molecule has 0 unspecified atom stereocenters. The lowest BCUT2D eigenvalue weighted by molar-refractivity contribution is 0.0951. The van der Waals surface area contributed by atoms with E-state index in [-0.39, 0.29) is 23.2 Å². The lowest BCUT2D eigenvalue weighted by atomic mass is 10.1. The molecule has 7 nitrogen and oxygen atoms in total. The summed E-state index contributed by atoms with van der Waals surface area (Å²) < 4.78 is 41.3. The number of nitrogens with zero attached hydrogens (tertiary/aromatic N) is 3. The van der Waals surface area contributed by atoms with Gasteiger partial charge in [0.05, 0.1) is 10.4 Å². The number of benzene rings is 3. The number of hydrogen-bond acceptors (Lipinski definition) is 5. The average molecular weight is 487 g/mol. The maximum Gasteiger partial charge on any atom is 0.268 e. The van der Waals surface area contributed by atoms with Crippen molar-refractivity contribution in [2.45, 2.75) is 11.4 Å². The highest BCUT2D eigenvalue weighted by molar-refractivity contribution is 7.90. The highest BCUT2D eigenvalue weighted by Gasteiger charge is 2.22. The second-order valence-electron chi connectivity index (χ2n) is 7.82. The SMILES string of the molecule is O=C(NCc1ccc(F)cc1)c1ccc(S(=O)(=O)n2cc(-c3cncnc3)c3ccccc32)cc1. The fraction of sp³-hybridized carbons (Fsp3) is 0.0385. The van der Waals surface area contributed by atoms with Gasteiger partial charge in [-0.15, -0.1) is 0 Å². The van der Waals surface area contributed by atoms with E-state index in [9.17, 15) is 17.6 Å². The maximum atomic E-state index is 13.5. The molecule has 1 amide bonds. The molecule has 1 N–H and O–H groups in total. The number of nitrogens with one attached hydrogen (secondary N) is 1. The van der Waals surface area contributed by atoms with E-state index in [1.54, 1.807) is 42.9 Å². The van der Waals surface area contributed by atoms with Gasteiger partial charge in [0.2, 0.25) is 0 Å². The zero-order valence-electron chi connectivity index (χ0n) is 18.3. The van der Waals surface area contributed by atoms with E-state index in [0.29, 0.717) is 22.2 Å². The summed E-state index contributed by atoms with van der Waals surface area (Å²) in [4.78, 5) is 20.6. The van der Waals surface area contributed by atoms with Crippen molar-refractivity contribution in [1.82, 2.24) is 19.3 Å².